The van der Waals surface area contributed by atoms with Crippen LogP contribution in [0.2, 0.25) is 0 Å². The van der Waals surface area contributed by atoms with Crippen molar-refractivity contribution in [3.8, 4) is 0 Å². The maximum absolute atomic E-state index is 5.82. The second-order valence-corrected chi connectivity index (χ2v) is 9.68. The lowest BCUT2D eigenvalue weighted by molar-refractivity contribution is 0.187. The molecule has 1 aromatic carbocycles. The number of likely N-dealkylation sites (tertiary alicyclic amines) is 1. The lowest BCUT2D eigenvalue weighted by Gasteiger charge is -2.37. The van der Waals surface area contributed by atoms with E-state index in [4.69, 9.17) is 5.73 Å². The lowest BCUT2D eigenvalue weighted by Crippen LogP contribution is -2.45. The molecule has 0 radical (unpaired) electrons. The molecule has 1 aromatic rings. The molecule has 3 fully saturated rings. The van der Waals surface area contributed by atoms with E-state index in [1.807, 2.05) is 0 Å². The Bertz CT molecular complexity index is 789. The van der Waals surface area contributed by atoms with E-state index in [0.29, 0.717) is 5.92 Å². The van der Waals surface area contributed by atoms with Crippen molar-refractivity contribution >= 4 is 5.70 Å². The molecule has 1 aliphatic carbocycles. The number of benzene rings is 1. The van der Waals surface area contributed by atoms with Crippen LogP contribution in [0.1, 0.15) is 50.2 Å². The molecule has 0 atom stereocenters. The van der Waals surface area contributed by atoms with Crippen molar-refractivity contribution < 1.29 is 0 Å². The Morgan fingerprint density at radius 3 is 2.26 bits per heavy atom. The summed E-state index contributed by atoms with van der Waals surface area (Å²) < 4.78 is 0. The van der Waals surface area contributed by atoms with Gasteiger partial charge in [-0.3, -0.25) is 9.80 Å². The van der Waals surface area contributed by atoms with Gasteiger partial charge < -0.3 is 10.6 Å². The fraction of sp³-hybridized carbons (Fsp3) is 0.556. The molecule has 4 heteroatoms. The van der Waals surface area contributed by atoms with Crippen molar-refractivity contribution in [2.45, 2.75) is 45.6 Å². The zero-order chi connectivity index (χ0) is 21.6. The quantitative estimate of drug-likeness (QED) is 0.630. The van der Waals surface area contributed by atoms with Crippen LogP contribution in [0, 0.1) is 5.92 Å². The van der Waals surface area contributed by atoms with Crippen LogP contribution in [-0.4, -0.2) is 60.5 Å². The molecule has 0 spiro atoms. The first-order chi connectivity index (χ1) is 15.1. The highest BCUT2D eigenvalue weighted by molar-refractivity contribution is 5.62. The summed E-state index contributed by atoms with van der Waals surface area (Å²) in [6, 6.07) is 9.11. The Balaban J connectivity index is 1.24. The molecular formula is C27H40N4. The number of rotatable bonds is 8. The third kappa shape index (κ3) is 6.24. The van der Waals surface area contributed by atoms with E-state index in [9.17, 15) is 0 Å². The van der Waals surface area contributed by atoms with Crippen LogP contribution in [0.4, 0.5) is 0 Å². The molecule has 4 nitrogen and oxygen atoms in total. The predicted molar refractivity (Wildman–Crippen MR) is 131 cm³/mol. The molecule has 0 unspecified atom stereocenters. The Labute approximate surface area is 189 Å². The minimum Gasteiger partial charge on any atom is -0.404 e. The Kier molecular flexibility index (Phi) is 7.52. The number of nitrogens with zero attached hydrogens (tertiary/aromatic N) is 3. The molecule has 0 amide bonds. The van der Waals surface area contributed by atoms with Gasteiger partial charge in [-0.05, 0) is 74.5 Å². The lowest BCUT2D eigenvalue weighted by atomic mass is 10.1. The Morgan fingerprint density at radius 2 is 1.65 bits per heavy atom. The molecule has 4 rings (SSSR count). The van der Waals surface area contributed by atoms with Gasteiger partial charge in [-0.15, -0.1) is 0 Å². The minimum atomic E-state index is 0.714. The third-order valence-electron chi connectivity index (χ3n) is 7.02. The summed E-state index contributed by atoms with van der Waals surface area (Å²) in [5, 5.41) is 0. The van der Waals surface area contributed by atoms with Gasteiger partial charge >= 0.3 is 0 Å². The summed E-state index contributed by atoms with van der Waals surface area (Å²) in [7, 11) is 0. The van der Waals surface area contributed by atoms with Gasteiger partial charge in [0.15, 0.2) is 0 Å². The molecule has 0 bridgehead atoms. The van der Waals surface area contributed by atoms with Crippen molar-refractivity contribution in [2.75, 3.05) is 45.8 Å². The van der Waals surface area contributed by atoms with Gasteiger partial charge in [0.1, 0.15) is 0 Å². The predicted octanol–water partition coefficient (Wildman–Crippen LogP) is 4.46. The van der Waals surface area contributed by atoms with Gasteiger partial charge in [0.05, 0.1) is 0 Å². The topological polar surface area (TPSA) is 35.7 Å². The van der Waals surface area contributed by atoms with Crippen LogP contribution >= 0.6 is 0 Å². The highest BCUT2D eigenvalue weighted by Crippen LogP contribution is 2.37. The van der Waals surface area contributed by atoms with Crippen molar-refractivity contribution in [3.63, 3.8) is 0 Å². The Hall–Kier alpha value is -2.04. The monoisotopic (exact) mass is 420 g/mol. The molecule has 2 N–H and O–H groups in total. The van der Waals surface area contributed by atoms with Gasteiger partial charge in [-0.1, -0.05) is 48.9 Å². The fourth-order valence-corrected chi connectivity index (χ4v) is 4.94. The van der Waals surface area contributed by atoms with Gasteiger partial charge in [0.25, 0.3) is 0 Å². The van der Waals surface area contributed by atoms with Crippen molar-refractivity contribution in [1.29, 1.82) is 0 Å². The maximum atomic E-state index is 5.82. The fourth-order valence-electron chi connectivity index (χ4n) is 4.94. The molecule has 2 heterocycles. The van der Waals surface area contributed by atoms with E-state index in [1.165, 1.54) is 73.2 Å². The second-order valence-electron chi connectivity index (χ2n) is 9.68. The van der Waals surface area contributed by atoms with Crippen LogP contribution in [0.25, 0.3) is 5.70 Å². The number of allylic oxidation sites excluding steroid dienone is 2. The highest BCUT2D eigenvalue weighted by atomic mass is 15.3. The molecule has 168 valence electrons. The number of nitrogens with two attached hydrogens (primary N) is 1. The van der Waals surface area contributed by atoms with E-state index in [1.54, 1.807) is 6.20 Å². The van der Waals surface area contributed by atoms with E-state index in [2.05, 4.69) is 58.5 Å². The van der Waals surface area contributed by atoms with Crippen molar-refractivity contribution in [2.24, 2.45) is 11.7 Å². The first-order valence-electron chi connectivity index (χ1n) is 12.2. The van der Waals surface area contributed by atoms with Crippen LogP contribution in [0.15, 0.2) is 54.3 Å². The van der Waals surface area contributed by atoms with Gasteiger partial charge in [-0.2, -0.15) is 0 Å². The zero-order valence-electron chi connectivity index (χ0n) is 19.4. The van der Waals surface area contributed by atoms with Gasteiger partial charge in [-0.25, -0.2) is 0 Å². The van der Waals surface area contributed by atoms with E-state index < -0.39 is 0 Å². The van der Waals surface area contributed by atoms with Crippen molar-refractivity contribution in [1.82, 2.24) is 14.7 Å². The summed E-state index contributed by atoms with van der Waals surface area (Å²) >= 11 is 0. The van der Waals surface area contributed by atoms with Gasteiger partial charge in [0.2, 0.25) is 0 Å². The number of piperazine rings is 1. The first-order valence-corrected chi connectivity index (χ1v) is 12.2. The minimum absolute atomic E-state index is 0.714. The average Bonchev–Trinajstić information content (AvgIpc) is 3.64. The molecular weight excluding hydrogens is 380 g/mol. The van der Waals surface area contributed by atoms with E-state index in [0.717, 1.165) is 39.3 Å². The molecule has 0 aromatic heterocycles. The number of piperidine rings is 1. The second kappa shape index (κ2) is 10.5. The average molecular weight is 421 g/mol. The molecule has 31 heavy (non-hydrogen) atoms. The smallest absolute Gasteiger partial charge is 0.0367 e. The van der Waals surface area contributed by atoms with Gasteiger partial charge in [0, 0.05) is 45.0 Å². The third-order valence-corrected chi connectivity index (χ3v) is 7.02. The van der Waals surface area contributed by atoms with E-state index in [-0.39, 0.29) is 0 Å². The molecule has 2 aliphatic heterocycles. The standard InChI is InChI=1S/C27H40N4/c1-22(18-27(19-28)26-10-11-26)20-30-14-16-31(17-15-30)23(2)25-8-6-24(7-9-25)21-29-12-4-3-5-13-29/h6-9,18-19,26H,2-5,10-17,20-21,28H2,1H3/b22-18-,27-19+. The summed E-state index contributed by atoms with van der Waals surface area (Å²) in [6.45, 7) is 15.5. The SMILES string of the molecule is C=C(c1ccc(CN2CCCCC2)cc1)N1CCN(C/C(C)=C\C(=C/N)C2CC2)CC1. The number of hydrogen-bond donors (Lipinski definition) is 1. The van der Waals surface area contributed by atoms with Crippen molar-refractivity contribution in [3.05, 3.63) is 65.4 Å². The van der Waals surface area contributed by atoms with Crippen LogP contribution in [0.5, 0.6) is 0 Å². The highest BCUT2D eigenvalue weighted by Gasteiger charge is 2.25. The maximum Gasteiger partial charge on any atom is 0.0367 e. The Morgan fingerprint density at radius 1 is 0.968 bits per heavy atom. The summed E-state index contributed by atoms with van der Waals surface area (Å²) in [5.41, 5.74) is 12.4. The summed E-state index contributed by atoms with van der Waals surface area (Å²) in [6.07, 6.45) is 10.8. The normalized spacial score (nSPS) is 22.0. The summed E-state index contributed by atoms with van der Waals surface area (Å²) in [4.78, 5) is 7.59. The molecule has 1 saturated carbocycles. The van der Waals surface area contributed by atoms with Crippen LogP contribution in [0.3, 0.4) is 0 Å². The number of hydrogen-bond acceptors (Lipinski definition) is 4. The van der Waals surface area contributed by atoms with Crippen LogP contribution < -0.4 is 5.73 Å². The van der Waals surface area contributed by atoms with Crippen LogP contribution in [-0.2, 0) is 6.54 Å². The summed E-state index contributed by atoms with van der Waals surface area (Å²) in [5.74, 6) is 0.714. The van der Waals surface area contributed by atoms with E-state index >= 15 is 0 Å². The first kappa shape index (κ1) is 22.2. The molecule has 3 aliphatic rings. The largest absolute Gasteiger partial charge is 0.404 e. The molecule has 2 saturated heterocycles. The zero-order valence-corrected chi connectivity index (χ0v) is 19.4.